The molecule has 0 heterocycles. The number of carboxylic acids is 1. The molecule has 4 aliphatic rings. The molecule has 0 aliphatic heterocycles. The van der Waals surface area contributed by atoms with Gasteiger partial charge in [0.1, 0.15) is 5.71 Å². The summed E-state index contributed by atoms with van der Waals surface area (Å²) >= 11 is 0. The molecule has 3 N–H and O–H groups in total. The summed E-state index contributed by atoms with van der Waals surface area (Å²) in [6, 6.07) is 7.43. The quantitative estimate of drug-likeness (QED) is 0.481. The molecule has 0 spiro atoms. The highest BCUT2D eigenvalue weighted by molar-refractivity contribution is 6.05. The monoisotopic (exact) mass is 506 g/mol. The van der Waals surface area contributed by atoms with E-state index in [0.29, 0.717) is 29.0 Å². The number of allylic oxidation sites excluding steroid dienone is 4. The molecule has 7 heteroatoms. The maximum Gasteiger partial charge on any atom is 0.330 e. The zero-order valence-corrected chi connectivity index (χ0v) is 21.9. The lowest BCUT2D eigenvalue weighted by molar-refractivity contribution is -0.142. The smallest absolute Gasteiger partial charge is 0.330 e. The van der Waals surface area contributed by atoms with Crippen LogP contribution in [-0.2, 0) is 14.4 Å². The van der Waals surface area contributed by atoms with Crippen LogP contribution in [0.15, 0.2) is 59.3 Å². The van der Waals surface area contributed by atoms with Crippen molar-refractivity contribution in [2.45, 2.75) is 70.9 Å². The maximum absolute atomic E-state index is 12.4. The number of aliphatic hydroxyl groups is 1. The van der Waals surface area contributed by atoms with E-state index in [9.17, 15) is 19.8 Å². The third-order valence-corrected chi connectivity index (χ3v) is 10.2. The zero-order valence-electron chi connectivity index (χ0n) is 21.9. The Hall–Kier alpha value is -2.93. The highest BCUT2D eigenvalue weighted by Gasteiger charge is 2.61. The number of rotatable bonds is 6. The van der Waals surface area contributed by atoms with E-state index in [1.165, 1.54) is 5.57 Å². The molecule has 4 aliphatic carbocycles. The number of hydrogen-bond acceptors (Lipinski definition) is 5. The van der Waals surface area contributed by atoms with Gasteiger partial charge in [0.25, 0.3) is 5.91 Å². The minimum absolute atomic E-state index is 0.00527. The number of fused-ring (bicyclic) bond motifs is 5. The molecule has 3 saturated carbocycles. The molecule has 0 bridgehead atoms. The van der Waals surface area contributed by atoms with Crippen LogP contribution in [0, 0.1) is 28.6 Å². The standard InChI is InChI=1S/C30H38N2O5/c1-28-14-11-21(32-37-18-25(33)31-26(27(34)35)19-7-5-4-6-8-19)17-20(28)9-10-22-23(28)12-15-29(2)24(22)13-16-30(29,3)36/h4-8,11,14,17,22-24,26,36H,9-10,12-13,15-16,18H2,1-3H3,(H,31,33)(H,34,35)/t22?,23?,24?,26?,28-,29-,30-/m0/s1. The Labute approximate surface area is 218 Å². The van der Waals surface area contributed by atoms with Crippen LogP contribution in [0.2, 0.25) is 0 Å². The number of hydrogen-bond donors (Lipinski definition) is 3. The van der Waals surface area contributed by atoms with Gasteiger partial charge in [-0.15, -0.1) is 0 Å². The van der Waals surface area contributed by atoms with E-state index in [2.05, 4.69) is 36.5 Å². The Kier molecular flexibility index (Phi) is 6.55. The largest absolute Gasteiger partial charge is 0.479 e. The fourth-order valence-electron chi connectivity index (χ4n) is 7.81. The number of amides is 1. The van der Waals surface area contributed by atoms with Crippen LogP contribution in [0.3, 0.4) is 0 Å². The lowest BCUT2D eigenvalue weighted by atomic mass is 9.47. The Morgan fingerprint density at radius 3 is 2.57 bits per heavy atom. The average molecular weight is 507 g/mol. The number of carbonyl (C=O) groups is 2. The third-order valence-electron chi connectivity index (χ3n) is 10.2. The van der Waals surface area contributed by atoms with Gasteiger partial charge in [0.2, 0.25) is 0 Å². The summed E-state index contributed by atoms with van der Waals surface area (Å²) in [6.45, 7) is 6.32. The minimum atomic E-state index is -1.14. The predicted molar refractivity (Wildman–Crippen MR) is 141 cm³/mol. The van der Waals surface area contributed by atoms with Gasteiger partial charge < -0.3 is 20.4 Å². The summed E-state index contributed by atoms with van der Waals surface area (Å²) < 4.78 is 0. The number of nitrogens with zero attached hydrogens (tertiary/aromatic N) is 1. The van der Waals surface area contributed by atoms with E-state index < -0.39 is 23.5 Å². The van der Waals surface area contributed by atoms with E-state index in [4.69, 9.17) is 4.84 Å². The van der Waals surface area contributed by atoms with Gasteiger partial charge in [-0.25, -0.2) is 4.79 Å². The summed E-state index contributed by atoms with van der Waals surface area (Å²) in [5.41, 5.74) is 1.92. The second-order valence-corrected chi connectivity index (χ2v) is 12.0. The predicted octanol–water partition coefficient (Wildman–Crippen LogP) is 4.79. The molecule has 1 aromatic rings. The van der Waals surface area contributed by atoms with Crippen molar-refractivity contribution in [3.8, 4) is 0 Å². The topological polar surface area (TPSA) is 108 Å². The van der Waals surface area contributed by atoms with Crippen LogP contribution in [-0.4, -0.2) is 40.0 Å². The van der Waals surface area contributed by atoms with Gasteiger partial charge in [0, 0.05) is 5.41 Å². The molecule has 0 saturated heterocycles. The average Bonchev–Trinajstić information content (AvgIpc) is 3.11. The molecule has 0 aromatic heterocycles. The summed E-state index contributed by atoms with van der Waals surface area (Å²) in [6.07, 6.45) is 12.6. The number of carbonyl (C=O) groups excluding carboxylic acids is 1. The van der Waals surface area contributed by atoms with Gasteiger partial charge in [-0.1, -0.05) is 61.0 Å². The van der Waals surface area contributed by atoms with E-state index in [1.807, 2.05) is 13.0 Å². The van der Waals surface area contributed by atoms with Crippen molar-refractivity contribution >= 4 is 17.6 Å². The van der Waals surface area contributed by atoms with Crippen molar-refractivity contribution in [3.05, 3.63) is 59.7 Å². The number of oxime groups is 1. The first-order valence-corrected chi connectivity index (χ1v) is 13.4. The lowest BCUT2D eigenvalue weighted by Crippen LogP contribution is -2.53. The first-order chi connectivity index (χ1) is 17.5. The molecule has 7 nitrogen and oxygen atoms in total. The van der Waals surface area contributed by atoms with Crippen molar-refractivity contribution in [2.24, 2.45) is 33.7 Å². The van der Waals surface area contributed by atoms with Gasteiger partial charge in [-0.05, 0) is 86.3 Å². The molecule has 4 unspecified atom stereocenters. The van der Waals surface area contributed by atoms with Crippen LogP contribution in [0.4, 0.5) is 0 Å². The molecular formula is C30H38N2O5. The maximum atomic E-state index is 12.4. The van der Waals surface area contributed by atoms with Crippen molar-refractivity contribution in [1.29, 1.82) is 0 Å². The number of aliphatic carboxylic acids is 1. The summed E-state index contributed by atoms with van der Waals surface area (Å²) in [5, 5.41) is 27.3. The second kappa shape index (κ2) is 9.43. The molecule has 7 atom stereocenters. The van der Waals surface area contributed by atoms with Crippen LogP contribution < -0.4 is 5.32 Å². The minimum Gasteiger partial charge on any atom is -0.479 e. The highest BCUT2D eigenvalue weighted by Crippen LogP contribution is 2.66. The molecule has 1 aromatic carbocycles. The van der Waals surface area contributed by atoms with Crippen molar-refractivity contribution in [2.75, 3.05) is 6.61 Å². The van der Waals surface area contributed by atoms with Gasteiger partial charge in [0.05, 0.1) is 5.60 Å². The molecule has 37 heavy (non-hydrogen) atoms. The van der Waals surface area contributed by atoms with Crippen LogP contribution in [0.25, 0.3) is 0 Å². The van der Waals surface area contributed by atoms with Gasteiger partial charge >= 0.3 is 5.97 Å². The number of carboxylic acid groups (broad SMARTS) is 1. The molecule has 1 amide bonds. The normalized spacial score (nSPS) is 38.1. The van der Waals surface area contributed by atoms with Gasteiger partial charge in [-0.3, -0.25) is 4.79 Å². The third kappa shape index (κ3) is 4.41. The molecule has 5 rings (SSSR count). The van der Waals surface area contributed by atoms with E-state index in [-0.39, 0.29) is 17.4 Å². The Bertz CT molecular complexity index is 1160. The molecule has 3 fully saturated rings. The number of benzene rings is 1. The summed E-state index contributed by atoms with van der Waals surface area (Å²) in [5.74, 6) is 0.0520. The first-order valence-electron chi connectivity index (χ1n) is 13.4. The Morgan fingerprint density at radius 2 is 1.84 bits per heavy atom. The van der Waals surface area contributed by atoms with Crippen molar-refractivity contribution in [1.82, 2.24) is 5.32 Å². The zero-order chi connectivity index (χ0) is 26.4. The van der Waals surface area contributed by atoms with Crippen LogP contribution in [0.1, 0.15) is 70.9 Å². The summed E-state index contributed by atoms with van der Waals surface area (Å²) in [7, 11) is 0. The molecule has 198 valence electrons. The van der Waals surface area contributed by atoms with Gasteiger partial charge in [0.15, 0.2) is 12.6 Å². The van der Waals surface area contributed by atoms with Crippen LogP contribution >= 0.6 is 0 Å². The molecule has 0 radical (unpaired) electrons. The second-order valence-electron chi connectivity index (χ2n) is 12.0. The first kappa shape index (κ1) is 25.7. The van der Waals surface area contributed by atoms with E-state index in [1.54, 1.807) is 30.3 Å². The lowest BCUT2D eigenvalue weighted by Gasteiger charge is -2.58. The highest BCUT2D eigenvalue weighted by atomic mass is 16.6. The van der Waals surface area contributed by atoms with Crippen molar-refractivity contribution in [3.63, 3.8) is 0 Å². The fourth-order valence-corrected chi connectivity index (χ4v) is 7.81. The Morgan fingerprint density at radius 1 is 1.11 bits per heavy atom. The number of nitrogens with one attached hydrogen (secondary N) is 1. The van der Waals surface area contributed by atoms with E-state index in [0.717, 1.165) is 38.5 Å². The SMILES string of the molecule is C[C@]12C=CC(=NOCC(=O)NC(C(=O)O)c3ccccc3)C=C1CCC1C2CC[C@@]2(C)C1CC[C@]2(C)O. The van der Waals surface area contributed by atoms with E-state index >= 15 is 0 Å². The molecular weight excluding hydrogens is 468 g/mol. The summed E-state index contributed by atoms with van der Waals surface area (Å²) in [4.78, 5) is 29.3. The Balaban J connectivity index is 1.22. The van der Waals surface area contributed by atoms with Crippen LogP contribution in [0.5, 0.6) is 0 Å². The fraction of sp³-hybridized carbons (Fsp3) is 0.567. The van der Waals surface area contributed by atoms with Crippen molar-refractivity contribution < 1.29 is 24.6 Å². The van der Waals surface area contributed by atoms with Gasteiger partial charge in [-0.2, -0.15) is 0 Å².